The first-order valence-electron chi connectivity index (χ1n) is 5.56. The highest BCUT2D eigenvalue weighted by Gasteiger charge is 2.14. The molecule has 1 unspecified atom stereocenters. The van der Waals surface area contributed by atoms with Crippen LogP contribution in [0, 0.1) is 12.8 Å². The second-order valence-corrected chi connectivity index (χ2v) is 5.22. The van der Waals surface area contributed by atoms with Gasteiger partial charge >= 0.3 is 0 Å². The molecule has 0 aliphatic heterocycles. The molecule has 0 aromatic heterocycles. The smallest absolute Gasteiger partial charge is 0.0666 e. The molecule has 0 aliphatic rings. The molecule has 0 fully saturated rings. The molecular weight excluding hydrogens is 266 g/mol. The molecule has 1 N–H and O–H groups in total. The van der Waals surface area contributed by atoms with Gasteiger partial charge in [0, 0.05) is 17.3 Å². The van der Waals surface area contributed by atoms with E-state index < -0.39 is 0 Å². The van der Waals surface area contributed by atoms with Gasteiger partial charge in [0.15, 0.2) is 0 Å². The first kappa shape index (κ1) is 13.5. The van der Waals surface area contributed by atoms with Crippen LogP contribution < -0.4 is 5.32 Å². The Morgan fingerprint density at radius 1 is 1.38 bits per heavy atom. The van der Waals surface area contributed by atoms with Crippen LogP contribution in [-0.2, 0) is 4.74 Å². The highest BCUT2D eigenvalue weighted by atomic mass is 79.9. The van der Waals surface area contributed by atoms with E-state index in [2.05, 4.69) is 54.2 Å². The number of hydrogen-bond acceptors (Lipinski definition) is 2. The predicted octanol–water partition coefficient (Wildman–Crippen LogP) is 3.84. The van der Waals surface area contributed by atoms with Crippen molar-refractivity contribution in [3.63, 3.8) is 0 Å². The zero-order valence-corrected chi connectivity index (χ0v) is 12.0. The topological polar surface area (TPSA) is 21.3 Å². The molecule has 0 aliphatic carbocycles. The zero-order chi connectivity index (χ0) is 12.1. The molecule has 16 heavy (non-hydrogen) atoms. The fourth-order valence-electron chi connectivity index (χ4n) is 1.54. The molecule has 0 heterocycles. The van der Waals surface area contributed by atoms with E-state index in [1.54, 1.807) is 7.11 Å². The molecule has 0 amide bonds. The Morgan fingerprint density at radius 3 is 2.62 bits per heavy atom. The summed E-state index contributed by atoms with van der Waals surface area (Å²) < 4.78 is 6.37. The summed E-state index contributed by atoms with van der Waals surface area (Å²) in [5.41, 5.74) is 2.41. The fourth-order valence-corrected chi connectivity index (χ4v) is 1.91. The van der Waals surface area contributed by atoms with E-state index in [1.807, 2.05) is 6.07 Å². The Labute approximate surface area is 107 Å². The molecule has 90 valence electrons. The second kappa shape index (κ2) is 6.26. The molecular formula is C13H20BrNO. The summed E-state index contributed by atoms with van der Waals surface area (Å²) in [5, 5.41) is 3.53. The number of rotatable bonds is 5. The van der Waals surface area contributed by atoms with Gasteiger partial charge in [-0.2, -0.15) is 0 Å². The zero-order valence-electron chi connectivity index (χ0n) is 10.4. The quantitative estimate of drug-likeness (QED) is 0.888. The molecule has 1 aromatic carbocycles. The number of nitrogens with one attached hydrogen (secondary N) is 1. The summed E-state index contributed by atoms with van der Waals surface area (Å²) in [6.45, 7) is 7.23. The molecule has 0 saturated heterocycles. The average molecular weight is 286 g/mol. The van der Waals surface area contributed by atoms with Gasteiger partial charge in [0.1, 0.15) is 0 Å². The normalized spacial score (nSPS) is 12.9. The maximum absolute atomic E-state index is 5.23. The lowest BCUT2D eigenvalue weighted by atomic mass is 10.0. The van der Waals surface area contributed by atoms with Gasteiger partial charge in [-0.25, -0.2) is 0 Å². The van der Waals surface area contributed by atoms with Crippen LogP contribution in [0.5, 0.6) is 0 Å². The van der Waals surface area contributed by atoms with Crippen LogP contribution in [0.15, 0.2) is 22.7 Å². The van der Waals surface area contributed by atoms with Crippen LogP contribution in [0.2, 0.25) is 0 Å². The van der Waals surface area contributed by atoms with Crippen molar-refractivity contribution in [2.24, 2.45) is 5.92 Å². The maximum Gasteiger partial charge on any atom is 0.0666 e. The summed E-state index contributed by atoms with van der Waals surface area (Å²) >= 11 is 3.54. The van der Waals surface area contributed by atoms with Crippen molar-refractivity contribution in [1.29, 1.82) is 0 Å². The van der Waals surface area contributed by atoms with Crippen molar-refractivity contribution in [2.75, 3.05) is 19.0 Å². The number of methoxy groups -OCH3 is 1. The second-order valence-electron chi connectivity index (χ2n) is 4.36. The summed E-state index contributed by atoms with van der Waals surface area (Å²) in [6.07, 6.45) is 0. The fraction of sp³-hybridized carbons (Fsp3) is 0.538. The van der Waals surface area contributed by atoms with Gasteiger partial charge in [0.2, 0.25) is 0 Å². The van der Waals surface area contributed by atoms with E-state index in [-0.39, 0.29) is 0 Å². The van der Waals surface area contributed by atoms with E-state index in [0.29, 0.717) is 12.0 Å². The van der Waals surface area contributed by atoms with E-state index in [9.17, 15) is 0 Å². The van der Waals surface area contributed by atoms with Crippen LogP contribution >= 0.6 is 15.9 Å². The first-order valence-corrected chi connectivity index (χ1v) is 6.36. The molecule has 2 nitrogen and oxygen atoms in total. The largest absolute Gasteiger partial charge is 0.383 e. The van der Waals surface area contributed by atoms with Crippen LogP contribution in [0.25, 0.3) is 0 Å². The molecule has 0 spiro atoms. The van der Waals surface area contributed by atoms with E-state index in [1.165, 1.54) is 11.3 Å². The summed E-state index contributed by atoms with van der Waals surface area (Å²) in [5.74, 6) is 0.540. The summed E-state index contributed by atoms with van der Waals surface area (Å²) in [4.78, 5) is 0. The Morgan fingerprint density at radius 2 is 2.06 bits per heavy atom. The Bertz CT molecular complexity index is 339. The van der Waals surface area contributed by atoms with Crippen LogP contribution in [-0.4, -0.2) is 19.8 Å². The third kappa shape index (κ3) is 3.49. The minimum absolute atomic E-state index is 0.345. The van der Waals surface area contributed by atoms with Gasteiger partial charge in [-0.3, -0.25) is 0 Å². The van der Waals surface area contributed by atoms with Gasteiger partial charge in [-0.15, -0.1) is 0 Å². The Hall–Kier alpha value is -0.540. The summed E-state index contributed by atoms with van der Waals surface area (Å²) in [7, 11) is 1.74. The molecule has 0 bridgehead atoms. The molecule has 0 saturated carbocycles. The van der Waals surface area contributed by atoms with Gasteiger partial charge in [0.05, 0.1) is 12.6 Å². The van der Waals surface area contributed by atoms with E-state index in [0.717, 1.165) is 11.1 Å². The monoisotopic (exact) mass is 285 g/mol. The lowest BCUT2D eigenvalue weighted by Gasteiger charge is -2.24. The number of benzene rings is 1. The van der Waals surface area contributed by atoms with Crippen molar-refractivity contribution in [3.8, 4) is 0 Å². The van der Waals surface area contributed by atoms with Crippen LogP contribution in [0.1, 0.15) is 19.4 Å². The highest BCUT2D eigenvalue weighted by Crippen LogP contribution is 2.25. The molecule has 0 radical (unpaired) electrons. The number of hydrogen-bond donors (Lipinski definition) is 1. The molecule has 1 rings (SSSR count). The molecule has 1 aromatic rings. The Kier molecular flexibility index (Phi) is 5.29. The number of halogens is 1. The first-order chi connectivity index (χ1) is 7.56. The van der Waals surface area contributed by atoms with Gasteiger partial charge in [0.25, 0.3) is 0 Å². The van der Waals surface area contributed by atoms with E-state index >= 15 is 0 Å². The third-order valence-corrected chi connectivity index (χ3v) is 3.62. The lowest BCUT2D eigenvalue weighted by Crippen LogP contribution is -2.30. The van der Waals surface area contributed by atoms with Crippen LogP contribution in [0.4, 0.5) is 5.69 Å². The van der Waals surface area contributed by atoms with E-state index in [4.69, 9.17) is 4.74 Å². The standard InChI is InChI=1S/C13H20BrNO/c1-9(2)13(8-16-4)15-12-7-5-6-11(14)10(12)3/h5-7,9,13,15H,8H2,1-4H3. The lowest BCUT2D eigenvalue weighted by molar-refractivity contribution is 0.171. The minimum Gasteiger partial charge on any atom is -0.383 e. The van der Waals surface area contributed by atoms with Crippen molar-refractivity contribution in [2.45, 2.75) is 26.8 Å². The SMILES string of the molecule is COCC(Nc1cccc(Br)c1C)C(C)C. The predicted molar refractivity (Wildman–Crippen MR) is 73.0 cm³/mol. The Balaban J connectivity index is 2.81. The van der Waals surface area contributed by atoms with Gasteiger partial charge < -0.3 is 10.1 Å². The number of anilines is 1. The minimum atomic E-state index is 0.345. The van der Waals surface area contributed by atoms with Crippen molar-refractivity contribution >= 4 is 21.6 Å². The average Bonchev–Trinajstić information content (AvgIpc) is 2.23. The van der Waals surface area contributed by atoms with Crippen LogP contribution in [0.3, 0.4) is 0 Å². The van der Waals surface area contributed by atoms with Gasteiger partial charge in [-0.05, 0) is 30.5 Å². The molecule has 1 atom stereocenters. The van der Waals surface area contributed by atoms with Crippen molar-refractivity contribution < 1.29 is 4.74 Å². The van der Waals surface area contributed by atoms with Crippen molar-refractivity contribution in [1.82, 2.24) is 0 Å². The molecule has 3 heteroatoms. The maximum atomic E-state index is 5.23. The van der Waals surface area contributed by atoms with Gasteiger partial charge in [-0.1, -0.05) is 35.8 Å². The highest BCUT2D eigenvalue weighted by molar-refractivity contribution is 9.10. The van der Waals surface area contributed by atoms with Crippen molar-refractivity contribution in [3.05, 3.63) is 28.2 Å². The number of ether oxygens (including phenoxy) is 1. The third-order valence-electron chi connectivity index (χ3n) is 2.76. The summed E-state index contributed by atoms with van der Waals surface area (Å²) in [6, 6.07) is 6.55.